The highest BCUT2D eigenvalue weighted by Crippen LogP contribution is 2.18. The number of thioether (sulfide) groups is 2. The molecule has 0 saturated heterocycles. The molecule has 12 heavy (non-hydrogen) atoms. The predicted octanol–water partition coefficient (Wildman–Crippen LogP) is 3.86. The number of hydrogen-bond acceptors (Lipinski definition) is 2. The minimum absolute atomic E-state index is 0.608. The Bertz CT molecular complexity index is 91.8. The molecule has 0 aliphatic rings. The van der Waals surface area contributed by atoms with Crippen molar-refractivity contribution in [2.24, 2.45) is 0 Å². The summed E-state index contributed by atoms with van der Waals surface area (Å²) in [4.78, 5) is 0. The third-order valence-corrected chi connectivity index (χ3v) is 3.94. The summed E-state index contributed by atoms with van der Waals surface area (Å²) in [5.74, 6) is 2.53. The van der Waals surface area contributed by atoms with Crippen molar-refractivity contribution in [3.05, 3.63) is 6.92 Å². The topological polar surface area (TPSA) is 0 Å². The van der Waals surface area contributed by atoms with Gasteiger partial charge in [0.05, 0.1) is 0 Å². The van der Waals surface area contributed by atoms with Crippen molar-refractivity contribution >= 4 is 23.5 Å². The van der Waals surface area contributed by atoms with Crippen molar-refractivity contribution < 1.29 is 0 Å². The lowest BCUT2D eigenvalue weighted by molar-refractivity contribution is 0.971. The second kappa shape index (κ2) is 8.31. The minimum Gasteiger partial charge on any atom is -0.159 e. The molecule has 0 nitrogen and oxygen atoms in total. The molecule has 2 heteroatoms. The Morgan fingerprint density at radius 2 is 1.83 bits per heavy atom. The van der Waals surface area contributed by atoms with E-state index in [0.29, 0.717) is 5.25 Å². The van der Waals surface area contributed by atoms with E-state index in [0.717, 1.165) is 5.25 Å². The second-order valence-electron chi connectivity index (χ2n) is 3.20. The SMILES string of the molecule is [CH2]C(CCSC(C)C)SCCC. The average molecular weight is 205 g/mol. The van der Waals surface area contributed by atoms with Gasteiger partial charge in [0.1, 0.15) is 0 Å². The van der Waals surface area contributed by atoms with Crippen LogP contribution in [0.2, 0.25) is 0 Å². The summed E-state index contributed by atoms with van der Waals surface area (Å²) in [6.07, 6.45) is 2.53. The summed E-state index contributed by atoms with van der Waals surface area (Å²) >= 11 is 4.04. The molecule has 0 aromatic heterocycles. The summed E-state index contributed by atoms with van der Waals surface area (Å²) < 4.78 is 0. The van der Waals surface area contributed by atoms with Crippen molar-refractivity contribution in [3.63, 3.8) is 0 Å². The summed E-state index contributed by atoms with van der Waals surface area (Å²) in [5.41, 5.74) is 0. The van der Waals surface area contributed by atoms with Crippen LogP contribution in [0.4, 0.5) is 0 Å². The van der Waals surface area contributed by atoms with Gasteiger partial charge in [0.25, 0.3) is 0 Å². The van der Waals surface area contributed by atoms with E-state index < -0.39 is 0 Å². The molecule has 1 radical (unpaired) electrons. The molecule has 0 aromatic rings. The van der Waals surface area contributed by atoms with Gasteiger partial charge < -0.3 is 0 Å². The van der Waals surface area contributed by atoms with Crippen LogP contribution in [0.25, 0.3) is 0 Å². The van der Waals surface area contributed by atoms with Crippen molar-refractivity contribution in [2.75, 3.05) is 11.5 Å². The van der Waals surface area contributed by atoms with Gasteiger partial charge in [-0.3, -0.25) is 0 Å². The fraction of sp³-hybridized carbons (Fsp3) is 0.900. The molecule has 0 aliphatic heterocycles. The molecule has 0 bridgehead atoms. The van der Waals surface area contributed by atoms with E-state index in [1.807, 2.05) is 23.5 Å². The molecule has 1 unspecified atom stereocenters. The summed E-state index contributed by atoms with van der Waals surface area (Å²) in [5, 5.41) is 1.38. The number of hydrogen-bond donors (Lipinski definition) is 0. The maximum absolute atomic E-state index is 4.12. The second-order valence-corrected chi connectivity index (χ2v) is 6.29. The van der Waals surface area contributed by atoms with Crippen LogP contribution in [0.1, 0.15) is 33.6 Å². The predicted molar refractivity (Wildman–Crippen MR) is 64.1 cm³/mol. The van der Waals surface area contributed by atoms with Crippen LogP contribution >= 0.6 is 23.5 Å². The van der Waals surface area contributed by atoms with Gasteiger partial charge in [-0.05, 0) is 36.5 Å². The third-order valence-electron chi connectivity index (χ3n) is 1.45. The average Bonchev–Trinajstić information content (AvgIpc) is 2.00. The van der Waals surface area contributed by atoms with E-state index >= 15 is 0 Å². The van der Waals surface area contributed by atoms with E-state index in [1.54, 1.807) is 0 Å². The largest absolute Gasteiger partial charge is 0.159 e. The van der Waals surface area contributed by atoms with E-state index in [1.165, 1.54) is 24.3 Å². The van der Waals surface area contributed by atoms with Gasteiger partial charge in [-0.15, -0.1) is 0 Å². The standard InChI is InChI=1S/C10H21S2/c1-5-7-12-10(4)6-8-11-9(2)3/h9-10H,4-8H2,1-3H3. The van der Waals surface area contributed by atoms with Crippen LogP contribution in [0.5, 0.6) is 0 Å². The van der Waals surface area contributed by atoms with Crippen LogP contribution in [-0.2, 0) is 0 Å². The van der Waals surface area contributed by atoms with Crippen LogP contribution in [0.3, 0.4) is 0 Å². The summed E-state index contributed by atoms with van der Waals surface area (Å²) in [6.45, 7) is 10.9. The van der Waals surface area contributed by atoms with Gasteiger partial charge in [0, 0.05) is 5.25 Å². The normalized spacial score (nSPS) is 13.8. The van der Waals surface area contributed by atoms with Gasteiger partial charge in [0.15, 0.2) is 0 Å². The van der Waals surface area contributed by atoms with Crippen molar-refractivity contribution in [3.8, 4) is 0 Å². The Labute approximate surface area is 86.3 Å². The Balaban J connectivity index is 3.13. The van der Waals surface area contributed by atoms with Crippen molar-refractivity contribution in [2.45, 2.75) is 44.1 Å². The van der Waals surface area contributed by atoms with Crippen LogP contribution in [-0.4, -0.2) is 22.0 Å². The van der Waals surface area contributed by atoms with Crippen LogP contribution in [0, 0.1) is 6.92 Å². The third kappa shape index (κ3) is 8.79. The molecule has 0 aromatic carbocycles. The zero-order valence-electron chi connectivity index (χ0n) is 8.51. The molecule has 73 valence electrons. The molecule has 0 saturated carbocycles. The van der Waals surface area contributed by atoms with Crippen molar-refractivity contribution in [1.82, 2.24) is 0 Å². The number of rotatable bonds is 7. The lowest BCUT2D eigenvalue weighted by atomic mass is 10.4. The highest BCUT2D eigenvalue weighted by molar-refractivity contribution is 8.00. The zero-order chi connectivity index (χ0) is 9.40. The first-order valence-electron chi connectivity index (χ1n) is 4.73. The fourth-order valence-corrected chi connectivity index (χ4v) is 2.70. The maximum atomic E-state index is 4.12. The lowest BCUT2D eigenvalue weighted by Gasteiger charge is -2.10. The molecule has 0 spiro atoms. The molecule has 0 rings (SSSR count). The molecule has 0 fully saturated rings. The first-order chi connectivity index (χ1) is 5.66. The van der Waals surface area contributed by atoms with Crippen molar-refractivity contribution in [1.29, 1.82) is 0 Å². The highest BCUT2D eigenvalue weighted by Gasteiger charge is 2.02. The van der Waals surface area contributed by atoms with Gasteiger partial charge in [0.2, 0.25) is 0 Å². The lowest BCUT2D eigenvalue weighted by Crippen LogP contribution is -2.01. The molecule has 1 atom stereocenters. The highest BCUT2D eigenvalue weighted by atomic mass is 32.2. The molecule has 0 N–H and O–H groups in total. The monoisotopic (exact) mass is 205 g/mol. The molecule has 0 aliphatic carbocycles. The summed E-state index contributed by atoms with van der Waals surface area (Å²) in [7, 11) is 0. The first kappa shape index (κ1) is 12.7. The van der Waals surface area contributed by atoms with E-state index in [2.05, 4.69) is 27.7 Å². The molecular weight excluding hydrogens is 184 g/mol. The smallest absolute Gasteiger partial charge is 0.00552 e. The van der Waals surface area contributed by atoms with Crippen LogP contribution < -0.4 is 0 Å². The summed E-state index contributed by atoms with van der Waals surface area (Å²) in [6, 6.07) is 0. The Morgan fingerprint density at radius 3 is 2.33 bits per heavy atom. The molecular formula is C10H21S2. The maximum Gasteiger partial charge on any atom is 0.00552 e. The first-order valence-corrected chi connectivity index (χ1v) is 6.82. The van der Waals surface area contributed by atoms with Gasteiger partial charge in [-0.25, -0.2) is 0 Å². The quantitative estimate of drug-likeness (QED) is 0.619. The Morgan fingerprint density at radius 1 is 1.17 bits per heavy atom. The van der Waals surface area contributed by atoms with E-state index in [4.69, 9.17) is 0 Å². The Hall–Kier alpha value is 0.700. The molecule has 0 heterocycles. The fourth-order valence-electron chi connectivity index (χ4n) is 0.803. The minimum atomic E-state index is 0.608. The van der Waals surface area contributed by atoms with Gasteiger partial charge in [-0.1, -0.05) is 20.8 Å². The van der Waals surface area contributed by atoms with Crippen LogP contribution in [0.15, 0.2) is 0 Å². The van der Waals surface area contributed by atoms with Gasteiger partial charge >= 0.3 is 0 Å². The molecule has 0 amide bonds. The zero-order valence-corrected chi connectivity index (χ0v) is 10.1. The van der Waals surface area contributed by atoms with Gasteiger partial charge in [-0.2, -0.15) is 23.5 Å². The van der Waals surface area contributed by atoms with E-state index in [9.17, 15) is 0 Å². The Kier molecular flexibility index (Phi) is 8.79. The van der Waals surface area contributed by atoms with E-state index in [-0.39, 0.29) is 0 Å².